The molecule has 2 heterocycles. The standard InChI is InChI=1S/C30H37NO2/c1-4-5-6-8-13-24-20-27(32)29-26(22-30(2,3)33-28(29)21-24)25-15-18-31(19-16-25)17-14-23-11-9-7-10-12-23/h7,9-12,15-16,18-21,26H,4-6,8,13-14,17,22H2,1-3H3/p+1. The molecule has 0 bridgehead atoms. The van der Waals surface area contributed by atoms with E-state index in [-0.39, 0.29) is 11.5 Å². The van der Waals surface area contributed by atoms with Crippen LogP contribution in [0.1, 0.15) is 81.0 Å². The van der Waals surface area contributed by atoms with Gasteiger partial charge in [0.2, 0.25) is 0 Å². The van der Waals surface area contributed by atoms with Crippen molar-refractivity contribution in [3.8, 4) is 11.5 Å². The third-order valence-corrected chi connectivity index (χ3v) is 6.75. The molecule has 1 unspecified atom stereocenters. The van der Waals surface area contributed by atoms with Gasteiger partial charge in [-0.15, -0.1) is 0 Å². The van der Waals surface area contributed by atoms with Gasteiger partial charge in [0.1, 0.15) is 17.1 Å². The molecule has 1 aliphatic rings. The summed E-state index contributed by atoms with van der Waals surface area (Å²) >= 11 is 0. The number of unbranched alkanes of at least 4 members (excludes halogenated alkanes) is 3. The van der Waals surface area contributed by atoms with Crippen LogP contribution < -0.4 is 9.30 Å². The van der Waals surface area contributed by atoms with Crippen LogP contribution in [0.15, 0.2) is 67.0 Å². The van der Waals surface area contributed by atoms with E-state index in [1.165, 1.54) is 36.0 Å². The second-order valence-corrected chi connectivity index (χ2v) is 10.1. The Morgan fingerprint density at radius 2 is 1.70 bits per heavy atom. The first-order valence-electron chi connectivity index (χ1n) is 12.5. The molecule has 1 N–H and O–H groups in total. The number of hydrogen-bond donors (Lipinski definition) is 1. The van der Waals surface area contributed by atoms with Gasteiger partial charge in [0.15, 0.2) is 18.9 Å². The number of benzene rings is 2. The third-order valence-electron chi connectivity index (χ3n) is 6.75. The van der Waals surface area contributed by atoms with E-state index in [0.29, 0.717) is 5.75 Å². The lowest BCUT2D eigenvalue weighted by atomic mass is 9.79. The molecule has 2 aromatic carbocycles. The van der Waals surface area contributed by atoms with Gasteiger partial charge >= 0.3 is 0 Å². The first-order valence-corrected chi connectivity index (χ1v) is 12.5. The van der Waals surface area contributed by atoms with Gasteiger partial charge < -0.3 is 9.84 Å². The van der Waals surface area contributed by atoms with Crippen molar-refractivity contribution in [1.82, 2.24) is 0 Å². The molecule has 3 nitrogen and oxygen atoms in total. The number of aromatic nitrogens is 1. The maximum atomic E-state index is 11.0. The van der Waals surface area contributed by atoms with Crippen LogP contribution in [0, 0.1) is 0 Å². The molecule has 0 amide bonds. The molecule has 3 aromatic rings. The molecule has 0 fully saturated rings. The minimum absolute atomic E-state index is 0.127. The zero-order valence-corrected chi connectivity index (χ0v) is 20.4. The van der Waals surface area contributed by atoms with Crippen LogP contribution in [0.2, 0.25) is 0 Å². The number of phenols is 1. The summed E-state index contributed by atoms with van der Waals surface area (Å²) in [5.74, 6) is 1.35. The molecule has 1 atom stereocenters. The number of aryl methyl sites for hydroxylation is 3. The van der Waals surface area contributed by atoms with Gasteiger partial charge in [-0.05, 0) is 61.9 Å². The highest BCUT2D eigenvalue weighted by molar-refractivity contribution is 5.54. The van der Waals surface area contributed by atoms with Crippen LogP contribution in [-0.2, 0) is 19.4 Å². The Bertz CT molecular complexity index is 1040. The van der Waals surface area contributed by atoms with Crippen LogP contribution in [0.5, 0.6) is 11.5 Å². The number of fused-ring (bicyclic) bond motifs is 1. The topological polar surface area (TPSA) is 33.3 Å². The van der Waals surface area contributed by atoms with E-state index < -0.39 is 0 Å². The van der Waals surface area contributed by atoms with E-state index in [0.717, 1.165) is 43.5 Å². The first kappa shape index (κ1) is 23.4. The molecule has 4 rings (SSSR count). The zero-order chi connectivity index (χ0) is 23.3. The predicted octanol–water partition coefficient (Wildman–Crippen LogP) is 6.74. The maximum Gasteiger partial charge on any atom is 0.169 e. The normalized spacial score (nSPS) is 16.8. The Kier molecular flexibility index (Phi) is 7.37. The van der Waals surface area contributed by atoms with Crippen LogP contribution in [0.3, 0.4) is 0 Å². The minimum atomic E-state index is -0.274. The van der Waals surface area contributed by atoms with Crippen molar-refractivity contribution < 1.29 is 14.4 Å². The fourth-order valence-corrected chi connectivity index (χ4v) is 4.97. The van der Waals surface area contributed by atoms with Gasteiger partial charge in [-0.25, -0.2) is 4.57 Å². The summed E-state index contributed by atoms with van der Waals surface area (Å²) in [5, 5.41) is 11.0. The van der Waals surface area contributed by atoms with E-state index in [4.69, 9.17) is 4.74 Å². The van der Waals surface area contributed by atoms with Gasteiger partial charge in [-0.3, -0.25) is 0 Å². The van der Waals surface area contributed by atoms with Gasteiger partial charge in [0, 0.05) is 30.0 Å². The summed E-state index contributed by atoms with van der Waals surface area (Å²) in [7, 11) is 0. The number of hydrogen-bond acceptors (Lipinski definition) is 2. The number of nitrogens with zero attached hydrogens (tertiary/aromatic N) is 1. The van der Waals surface area contributed by atoms with Crippen LogP contribution >= 0.6 is 0 Å². The molecule has 0 aliphatic carbocycles. The lowest BCUT2D eigenvalue weighted by molar-refractivity contribution is -0.696. The molecule has 3 heteroatoms. The van der Waals surface area contributed by atoms with Gasteiger partial charge in [0.25, 0.3) is 0 Å². The Morgan fingerprint density at radius 3 is 2.42 bits per heavy atom. The van der Waals surface area contributed by atoms with E-state index in [1.54, 1.807) is 0 Å². The van der Waals surface area contributed by atoms with E-state index >= 15 is 0 Å². The number of phenolic OH excluding ortho intramolecular Hbond substituents is 1. The molecule has 174 valence electrons. The van der Waals surface area contributed by atoms with Crippen LogP contribution in [0.25, 0.3) is 0 Å². The lowest BCUT2D eigenvalue weighted by Crippen LogP contribution is -2.36. The Balaban J connectivity index is 1.53. The molecule has 33 heavy (non-hydrogen) atoms. The Hall–Kier alpha value is -2.81. The molecule has 1 aliphatic heterocycles. The van der Waals surface area contributed by atoms with Crippen molar-refractivity contribution in [3.63, 3.8) is 0 Å². The summed E-state index contributed by atoms with van der Waals surface area (Å²) in [4.78, 5) is 0. The third kappa shape index (κ3) is 5.96. The molecular formula is C30H38NO2+. The summed E-state index contributed by atoms with van der Waals surface area (Å²) in [5.41, 5.74) is 4.42. The van der Waals surface area contributed by atoms with Crippen molar-refractivity contribution in [3.05, 3.63) is 89.2 Å². The van der Waals surface area contributed by atoms with Crippen molar-refractivity contribution >= 4 is 0 Å². The Morgan fingerprint density at radius 1 is 0.939 bits per heavy atom. The predicted molar refractivity (Wildman–Crippen MR) is 134 cm³/mol. The molecule has 1 aromatic heterocycles. The highest BCUT2D eigenvalue weighted by Gasteiger charge is 2.37. The molecular weight excluding hydrogens is 406 g/mol. The van der Waals surface area contributed by atoms with Gasteiger partial charge in [0.05, 0.1) is 0 Å². The fourth-order valence-electron chi connectivity index (χ4n) is 4.97. The highest BCUT2D eigenvalue weighted by atomic mass is 16.5. The quantitative estimate of drug-likeness (QED) is 0.293. The smallest absolute Gasteiger partial charge is 0.169 e. The van der Waals surface area contributed by atoms with Crippen LogP contribution in [-0.4, -0.2) is 10.7 Å². The fraction of sp³-hybridized carbons (Fsp3) is 0.433. The minimum Gasteiger partial charge on any atom is -0.507 e. The second kappa shape index (κ2) is 10.4. The highest BCUT2D eigenvalue weighted by Crippen LogP contribution is 2.48. The van der Waals surface area contributed by atoms with Crippen molar-refractivity contribution in [2.75, 3.05) is 0 Å². The molecule has 0 radical (unpaired) electrons. The number of pyridine rings is 1. The average Bonchev–Trinajstić information content (AvgIpc) is 2.80. The number of rotatable bonds is 9. The van der Waals surface area contributed by atoms with Crippen molar-refractivity contribution in [1.29, 1.82) is 0 Å². The number of ether oxygens (including phenoxy) is 1. The summed E-state index contributed by atoms with van der Waals surface area (Å²) < 4.78 is 8.60. The van der Waals surface area contributed by atoms with Crippen molar-refractivity contribution in [2.45, 2.75) is 83.8 Å². The van der Waals surface area contributed by atoms with E-state index in [1.807, 2.05) is 6.07 Å². The summed E-state index contributed by atoms with van der Waals surface area (Å²) in [6.45, 7) is 7.48. The number of aromatic hydroxyl groups is 1. The van der Waals surface area contributed by atoms with Crippen LogP contribution in [0.4, 0.5) is 0 Å². The summed E-state index contributed by atoms with van der Waals surface area (Å²) in [6, 6.07) is 19.1. The Labute approximate surface area is 199 Å². The maximum absolute atomic E-state index is 11.0. The summed E-state index contributed by atoms with van der Waals surface area (Å²) in [6.07, 6.45) is 12.1. The largest absolute Gasteiger partial charge is 0.507 e. The zero-order valence-electron chi connectivity index (χ0n) is 20.4. The lowest BCUT2D eigenvalue weighted by Gasteiger charge is -2.38. The second-order valence-electron chi connectivity index (χ2n) is 10.1. The van der Waals surface area contributed by atoms with Gasteiger partial charge in [-0.1, -0.05) is 56.5 Å². The monoisotopic (exact) mass is 444 g/mol. The van der Waals surface area contributed by atoms with E-state index in [9.17, 15) is 5.11 Å². The molecule has 0 spiro atoms. The van der Waals surface area contributed by atoms with Crippen molar-refractivity contribution in [2.24, 2.45) is 0 Å². The SMILES string of the molecule is CCCCCCc1cc(O)c2c(c1)OC(C)(C)CC2c1cc[n+](CCc2ccccc2)cc1. The van der Waals surface area contributed by atoms with E-state index in [2.05, 4.69) is 86.3 Å². The van der Waals surface area contributed by atoms with Gasteiger partial charge in [-0.2, -0.15) is 0 Å². The first-order chi connectivity index (χ1) is 15.9. The average molecular weight is 445 g/mol. The molecule has 0 saturated carbocycles. The molecule has 0 saturated heterocycles.